The van der Waals surface area contributed by atoms with Gasteiger partial charge < -0.3 is 14.3 Å². The second-order valence-corrected chi connectivity index (χ2v) is 8.64. The van der Waals surface area contributed by atoms with E-state index in [4.69, 9.17) is 4.52 Å². The SMILES string of the molecule is C=CCN(CC(=O)N1CCCCC1c1nc(-c2ccc(Br)cc2)no1)C(=O)CCCC. The van der Waals surface area contributed by atoms with E-state index < -0.39 is 0 Å². The molecule has 1 atom stereocenters. The van der Waals surface area contributed by atoms with E-state index in [0.29, 0.717) is 31.2 Å². The molecular formula is C23H29BrN4O3. The Labute approximate surface area is 191 Å². The number of hydrogen-bond acceptors (Lipinski definition) is 5. The van der Waals surface area contributed by atoms with Crippen LogP contribution in [0.4, 0.5) is 0 Å². The van der Waals surface area contributed by atoms with Crippen molar-refractivity contribution in [2.24, 2.45) is 0 Å². The largest absolute Gasteiger partial charge is 0.337 e. The van der Waals surface area contributed by atoms with Crippen LogP contribution in [0.25, 0.3) is 11.4 Å². The van der Waals surface area contributed by atoms with Crippen molar-refractivity contribution in [2.75, 3.05) is 19.6 Å². The number of carbonyl (C=O) groups is 2. The molecule has 3 rings (SSSR count). The van der Waals surface area contributed by atoms with E-state index in [1.807, 2.05) is 31.2 Å². The molecule has 1 fully saturated rings. The average Bonchev–Trinajstić information content (AvgIpc) is 3.27. The van der Waals surface area contributed by atoms with E-state index in [0.717, 1.165) is 42.1 Å². The highest BCUT2D eigenvalue weighted by atomic mass is 79.9. The van der Waals surface area contributed by atoms with Gasteiger partial charge in [0.15, 0.2) is 0 Å². The lowest BCUT2D eigenvalue weighted by molar-refractivity contribution is -0.143. The zero-order valence-electron chi connectivity index (χ0n) is 17.9. The number of hydrogen-bond donors (Lipinski definition) is 0. The summed E-state index contributed by atoms with van der Waals surface area (Å²) < 4.78 is 6.53. The summed E-state index contributed by atoms with van der Waals surface area (Å²) in [6, 6.07) is 7.40. The molecule has 0 spiro atoms. The van der Waals surface area contributed by atoms with Crippen LogP contribution in [0, 0.1) is 0 Å². The van der Waals surface area contributed by atoms with Crippen LogP contribution in [-0.2, 0) is 9.59 Å². The molecule has 1 aromatic carbocycles. The highest BCUT2D eigenvalue weighted by molar-refractivity contribution is 9.10. The van der Waals surface area contributed by atoms with Gasteiger partial charge in [0.1, 0.15) is 12.6 Å². The summed E-state index contributed by atoms with van der Waals surface area (Å²) in [5.74, 6) is 0.834. The van der Waals surface area contributed by atoms with Crippen molar-refractivity contribution in [3.8, 4) is 11.4 Å². The van der Waals surface area contributed by atoms with Crippen molar-refractivity contribution in [3.63, 3.8) is 0 Å². The third-order valence-electron chi connectivity index (χ3n) is 5.42. The Morgan fingerprint density at radius 3 is 2.81 bits per heavy atom. The Balaban J connectivity index is 1.73. The molecule has 7 nitrogen and oxygen atoms in total. The molecule has 0 N–H and O–H groups in total. The number of piperidine rings is 1. The normalized spacial score (nSPS) is 16.2. The average molecular weight is 489 g/mol. The summed E-state index contributed by atoms with van der Waals surface area (Å²) in [6.45, 7) is 6.79. The van der Waals surface area contributed by atoms with Crippen molar-refractivity contribution in [2.45, 2.75) is 51.5 Å². The van der Waals surface area contributed by atoms with Gasteiger partial charge in [-0.1, -0.05) is 40.5 Å². The van der Waals surface area contributed by atoms with Crippen LogP contribution in [0.2, 0.25) is 0 Å². The molecule has 1 saturated heterocycles. The first-order valence-electron chi connectivity index (χ1n) is 10.8. The Hall–Kier alpha value is -2.48. The zero-order chi connectivity index (χ0) is 22.2. The van der Waals surface area contributed by atoms with Gasteiger partial charge in [-0.15, -0.1) is 6.58 Å². The van der Waals surface area contributed by atoms with Crippen LogP contribution in [0.5, 0.6) is 0 Å². The smallest absolute Gasteiger partial charge is 0.249 e. The fraction of sp³-hybridized carbons (Fsp3) is 0.478. The molecule has 2 aromatic rings. The molecular weight excluding hydrogens is 460 g/mol. The Morgan fingerprint density at radius 2 is 2.10 bits per heavy atom. The summed E-state index contributed by atoms with van der Waals surface area (Å²) in [4.78, 5) is 33.6. The summed E-state index contributed by atoms with van der Waals surface area (Å²) in [7, 11) is 0. The molecule has 2 heterocycles. The minimum absolute atomic E-state index is 0.0148. The molecule has 8 heteroatoms. The molecule has 31 heavy (non-hydrogen) atoms. The maximum Gasteiger partial charge on any atom is 0.249 e. The number of likely N-dealkylation sites (tertiary alicyclic amines) is 1. The van der Waals surface area contributed by atoms with E-state index in [-0.39, 0.29) is 24.4 Å². The van der Waals surface area contributed by atoms with Crippen molar-refractivity contribution in [1.82, 2.24) is 19.9 Å². The van der Waals surface area contributed by atoms with Gasteiger partial charge in [0, 0.05) is 29.5 Å². The molecule has 0 radical (unpaired) electrons. The van der Waals surface area contributed by atoms with Crippen LogP contribution in [-0.4, -0.2) is 51.4 Å². The van der Waals surface area contributed by atoms with Gasteiger partial charge in [0.25, 0.3) is 0 Å². The van der Waals surface area contributed by atoms with Gasteiger partial charge in [-0.2, -0.15) is 4.98 Å². The van der Waals surface area contributed by atoms with Crippen molar-refractivity contribution >= 4 is 27.7 Å². The van der Waals surface area contributed by atoms with Gasteiger partial charge in [0.05, 0.1) is 0 Å². The van der Waals surface area contributed by atoms with Gasteiger partial charge in [-0.05, 0) is 49.9 Å². The number of amides is 2. The Bertz CT molecular complexity index is 896. The predicted octanol–water partition coefficient (Wildman–Crippen LogP) is 4.76. The number of halogens is 1. The number of aromatic nitrogens is 2. The van der Waals surface area contributed by atoms with E-state index in [1.54, 1.807) is 15.9 Å². The first-order valence-corrected chi connectivity index (χ1v) is 11.6. The van der Waals surface area contributed by atoms with Gasteiger partial charge in [-0.3, -0.25) is 9.59 Å². The molecule has 0 saturated carbocycles. The Morgan fingerprint density at radius 1 is 1.32 bits per heavy atom. The van der Waals surface area contributed by atoms with Crippen molar-refractivity contribution in [3.05, 3.63) is 47.3 Å². The molecule has 0 bridgehead atoms. The number of nitrogens with zero attached hydrogens (tertiary/aromatic N) is 4. The number of benzene rings is 1. The zero-order valence-corrected chi connectivity index (χ0v) is 19.5. The fourth-order valence-electron chi connectivity index (χ4n) is 3.72. The highest BCUT2D eigenvalue weighted by Crippen LogP contribution is 2.31. The lowest BCUT2D eigenvalue weighted by Crippen LogP contribution is -2.46. The first kappa shape index (κ1) is 23.2. The lowest BCUT2D eigenvalue weighted by Gasteiger charge is -2.35. The maximum atomic E-state index is 13.2. The van der Waals surface area contributed by atoms with Crippen molar-refractivity contribution < 1.29 is 14.1 Å². The third kappa shape index (κ3) is 6.03. The van der Waals surface area contributed by atoms with Crippen LogP contribution < -0.4 is 0 Å². The number of unbranched alkanes of at least 4 members (excludes halogenated alkanes) is 1. The molecule has 2 amide bonds. The molecule has 1 unspecified atom stereocenters. The third-order valence-corrected chi connectivity index (χ3v) is 5.95. The second kappa shape index (κ2) is 11.2. The van der Waals surface area contributed by atoms with E-state index in [1.165, 1.54) is 0 Å². The van der Waals surface area contributed by atoms with Gasteiger partial charge >= 0.3 is 0 Å². The molecule has 1 aliphatic rings. The van der Waals surface area contributed by atoms with Crippen LogP contribution in [0.1, 0.15) is 57.4 Å². The second-order valence-electron chi connectivity index (χ2n) is 7.73. The summed E-state index contributed by atoms with van der Waals surface area (Å²) in [5.41, 5.74) is 0.852. The van der Waals surface area contributed by atoms with Crippen LogP contribution in [0.15, 0.2) is 45.9 Å². The van der Waals surface area contributed by atoms with Crippen molar-refractivity contribution in [1.29, 1.82) is 0 Å². The Kier molecular flexibility index (Phi) is 8.40. The predicted molar refractivity (Wildman–Crippen MR) is 122 cm³/mol. The van der Waals surface area contributed by atoms with Gasteiger partial charge in [-0.25, -0.2) is 0 Å². The van der Waals surface area contributed by atoms with Crippen LogP contribution in [0.3, 0.4) is 0 Å². The molecule has 1 aromatic heterocycles. The minimum atomic E-state index is -0.269. The fourth-order valence-corrected chi connectivity index (χ4v) is 3.99. The molecule has 1 aliphatic heterocycles. The topological polar surface area (TPSA) is 79.5 Å². The van der Waals surface area contributed by atoms with Crippen LogP contribution >= 0.6 is 15.9 Å². The molecule has 0 aliphatic carbocycles. The highest BCUT2D eigenvalue weighted by Gasteiger charge is 2.33. The van der Waals surface area contributed by atoms with E-state index in [2.05, 4.69) is 32.6 Å². The number of carbonyl (C=O) groups excluding carboxylic acids is 2. The first-order chi connectivity index (χ1) is 15.0. The summed E-state index contributed by atoms with van der Waals surface area (Å²) >= 11 is 3.42. The molecule has 166 valence electrons. The van der Waals surface area contributed by atoms with E-state index >= 15 is 0 Å². The van der Waals surface area contributed by atoms with Gasteiger partial charge in [0.2, 0.25) is 23.5 Å². The monoisotopic (exact) mass is 488 g/mol. The standard InChI is InChI=1S/C23H29BrN4O3/c1-3-5-9-20(29)27(14-4-2)16-21(30)28-15-7-6-8-19(28)23-25-22(26-31-23)17-10-12-18(24)13-11-17/h4,10-13,19H,2-3,5-9,14-16H2,1H3. The number of rotatable bonds is 9. The quantitative estimate of drug-likeness (QED) is 0.475. The summed E-state index contributed by atoms with van der Waals surface area (Å²) in [5, 5.41) is 4.12. The maximum absolute atomic E-state index is 13.2. The van der Waals surface area contributed by atoms with E-state index in [9.17, 15) is 9.59 Å². The summed E-state index contributed by atoms with van der Waals surface area (Å²) in [6.07, 6.45) is 6.52. The lowest BCUT2D eigenvalue weighted by atomic mass is 10.0. The minimum Gasteiger partial charge on any atom is -0.337 e.